The highest BCUT2D eigenvalue weighted by Crippen LogP contribution is 2.28. The number of carbonyl (C=O) groups excluding carboxylic acids is 1. The van der Waals surface area contributed by atoms with Gasteiger partial charge in [-0.25, -0.2) is 0 Å². The minimum Gasteiger partial charge on any atom is -0.507 e. The van der Waals surface area contributed by atoms with Crippen LogP contribution in [0, 0.1) is 0 Å². The average molecular weight is 324 g/mol. The molecule has 0 aliphatic carbocycles. The van der Waals surface area contributed by atoms with Crippen molar-refractivity contribution in [2.75, 3.05) is 5.32 Å². The molecule has 2 aromatic carbocycles. The summed E-state index contributed by atoms with van der Waals surface area (Å²) in [5, 5.41) is 13.2. The lowest BCUT2D eigenvalue weighted by Gasteiger charge is -2.11. The van der Waals surface area contributed by atoms with E-state index in [4.69, 9.17) is 23.2 Å². The van der Waals surface area contributed by atoms with E-state index in [1.54, 1.807) is 6.07 Å². The maximum Gasteiger partial charge on any atom is 0.259 e. The van der Waals surface area contributed by atoms with Crippen molar-refractivity contribution in [3.8, 4) is 5.75 Å². The van der Waals surface area contributed by atoms with Crippen molar-refractivity contribution in [3.63, 3.8) is 0 Å². The van der Waals surface area contributed by atoms with E-state index in [1.165, 1.54) is 18.2 Å². The Morgan fingerprint density at radius 2 is 1.86 bits per heavy atom. The third-order valence-corrected chi connectivity index (χ3v) is 3.66. The number of nitrogens with one attached hydrogen (secondary N) is 1. The van der Waals surface area contributed by atoms with Crippen LogP contribution in [0.2, 0.25) is 10.0 Å². The first kappa shape index (κ1) is 15.7. The quantitative estimate of drug-likeness (QED) is 0.827. The summed E-state index contributed by atoms with van der Waals surface area (Å²) < 4.78 is 0. The number of benzene rings is 2. The summed E-state index contributed by atoms with van der Waals surface area (Å²) in [6.45, 7) is 4.13. The maximum atomic E-state index is 12.2. The molecular formula is C16H15Cl2NO2. The summed E-state index contributed by atoms with van der Waals surface area (Å²) in [7, 11) is 0. The van der Waals surface area contributed by atoms with Gasteiger partial charge in [0.15, 0.2) is 0 Å². The molecule has 2 rings (SSSR count). The smallest absolute Gasteiger partial charge is 0.259 e. The molecule has 0 aliphatic rings. The second-order valence-corrected chi connectivity index (χ2v) is 5.85. The monoisotopic (exact) mass is 323 g/mol. The number of rotatable bonds is 3. The Kier molecular flexibility index (Phi) is 4.76. The Morgan fingerprint density at radius 1 is 1.14 bits per heavy atom. The van der Waals surface area contributed by atoms with Crippen LogP contribution in [0.1, 0.15) is 35.7 Å². The van der Waals surface area contributed by atoms with Gasteiger partial charge in [0.25, 0.3) is 5.91 Å². The van der Waals surface area contributed by atoms with Crippen molar-refractivity contribution in [2.45, 2.75) is 19.8 Å². The van der Waals surface area contributed by atoms with E-state index in [-0.39, 0.29) is 11.3 Å². The van der Waals surface area contributed by atoms with Gasteiger partial charge in [-0.05, 0) is 41.8 Å². The van der Waals surface area contributed by atoms with Crippen LogP contribution in [0.15, 0.2) is 36.4 Å². The van der Waals surface area contributed by atoms with Crippen molar-refractivity contribution in [2.24, 2.45) is 0 Å². The van der Waals surface area contributed by atoms with Gasteiger partial charge in [0.05, 0.1) is 16.3 Å². The molecule has 1 amide bonds. The van der Waals surface area contributed by atoms with Gasteiger partial charge in [0, 0.05) is 5.02 Å². The zero-order valence-electron chi connectivity index (χ0n) is 11.7. The van der Waals surface area contributed by atoms with E-state index in [9.17, 15) is 9.90 Å². The minimum atomic E-state index is -0.464. The highest BCUT2D eigenvalue weighted by Gasteiger charge is 2.14. The number of hydrogen-bond donors (Lipinski definition) is 2. The van der Waals surface area contributed by atoms with Gasteiger partial charge in [-0.1, -0.05) is 43.1 Å². The number of halogens is 2. The van der Waals surface area contributed by atoms with Gasteiger partial charge < -0.3 is 10.4 Å². The zero-order valence-corrected chi connectivity index (χ0v) is 13.2. The topological polar surface area (TPSA) is 49.3 Å². The van der Waals surface area contributed by atoms with Crippen LogP contribution in [0.4, 0.5) is 5.69 Å². The predicted molar refractivity (Wildman–Crippen MR) is 86.6 cm³/mol. The lowest BCUT2D eigenvalue weighted by molar-refractivity contribution is 0.102. The van der Waals surface area contributed by atoms with Crippen LogP contribution in [-0.4, -0.2) is 11.0 Å². The molecule has 110 valence electrons. The normalized spacial score (nSPS) is 10.7. The van der Waals surface area contributed by atoms with Crippen molar-refractivity contribution < 1.29 is 9.90 Å². The maximum absolute atomic E-state index is 12.2. The number of amides is 1. The fourth-order valence-electron chi connectivity index (χ4n) is 1.87. The summed E-state index contributed by atoms with van der Waals surface area (Å²) in [6, 6.07) is 9.77. The van der Waals surface area contributed by atoms with Crippen molar-refractivity contribution in [3.05, 3.63) is 57.6 Å². The van der Waals surface area contributed by atoms with Gasteiger partial charge in [-0.2, -0.15) is 0 Å². The average Bonchev–Trinajstić information content (AvgIpc) is 2.43. The number of aromatic hydroxyl groups is 1. The van der Waals surface area contributed by atoms with Crippen molar-refractivity contribution in [1.82, 2.24) is 0 Å². The first-order chi connectivity index (χ1) is 9.88. The molecule has 0 aliphatic heterocycles. The SMILES string of the molecule is CC(C)c1ccc(NC(=O)c2cc(Cl)ccc2O)c(Cl)c1. The Bertz CT molecular complexity index is 684. The molecule has 21 heavy (non-hydrogen) atoms. The Labute approximate surface area is 133 Å². The van der Waals surface area contributed by atoms with Gasteiger partial charge in [-0.15, -0.1) is 0 Å². The first-order valence-corrected chi connectivity index (χ1v) is 7.23. The lowest BCUT2D eigenvalue weighted by atomic mass is 10.0. The summed E-state index contributed by atoms with van der Waals surface area (Å²) in [6.07, 6.45) is 0. The standard InChI is InChI=1S/C16H15Cl2NO2/c1-9(2)10-3-5-14(13(18)7-10)19-16(21)12-8-11(17)4-6-15(12)20/h3-9,20H,1-2H3,(H,19,21). The molecule has 0 bridgehead atoms. The van der Waals surface area contributed by atoms with E-state index in [0.29, 0.717) is 21.7 Å². The number of phenolic OH excluding ortho intramolecular Hbond substituents is 1. The largest absolute Gasteiger partial charge is 0.507 e. The van der Waals surface area contributed by atoms with Crippen LogP contribution in [0.5, 0.6) is 5.75 Å². The predicted octanol–water partition coefficient (Wildman–Crippen LogP) is 5.07. The van der Waals surface area contributed by atoms with E-state index in [0.717, 1.165) is 5.56 Å². The third-order valence-electron chi connectivity index (χ3n) is 3.11. The van der Waals surface area contributed by atoms with Crippen LogP contribution in [0.25, 0.3) is 0 Å². The molecule has 0 radical (unpaired) electrons. The van der Waals surface area contributed by atoms with Gasteiger partial charge in [0.1, 0.15) is 5.75 Å². The van der Waals surface area contributed by atoms with Gasteiger partial charge >= 0.3 is 0 Å². The van der Waals surface area contributed by atoms with E-state index < -0.39 is 5.91 Å². The highest BCUT2D eigenvalue weighted by molar-refractivity contribution is 6.34. The van der Waals surface area contributed by atoms with Crippen LogP contribution in [-0.2, 0) is 0 Å². The molecule has 0 saturated heterocycles. The number of carbonyl (C=O) groups is 1. The summed E-state index contributed by atoms with van der Waals surface area (Å²) in [5.41, 5.74) is 1.68. The molecule has 5 heteroatoms. The second-order valence-electron chi connectivity index (χ2n) is 5.01. The fraction of sp³-hybridized carbons (Fsp3) is 0.188. The van der Waals surface area contributed by atoms with Crippen LogP contribution in [0.3, 0.4) is 0 Å². The molecule has 0 spiro atoms. The van der Waals surface area contributed by atoms with Crippen molar-refractivity contribution in [1.29, 1.82) is 0 Å². The van der Waals surface area contributed by atoms with E-state index in [1.807, 2.05) is 12.1 Å². The molecule has 0 fully saturated rings. The second kappa shape index (κ2) is 6.37. The van der Waals surface area contributed by atoms with Gasteiger partial charge in [-0.3, -0.25) is 4.79 Å². The number of phenols is 1. The summed E-state index contributed by atoms with van der Waals surface area (Å²) in [4.78, 5) is 12.2. The Hall–Kier alpha value is -1.71. The molecule has 0 atom stereocenters. The Morgan fingerprint density at radius 3 is 2.48 bits per heavy atom. The molecule has 0 saturated carbocycles. The van der Waals surface area contributed by atoms with Crippen LogP contribution >= 0.6 is 23.2 Å². The lowest BCUT2D eigenvalue weighted by Crippen LogP contribution is -2.12. The number of anilines is 1. The molecular weight excluding hydrogens is 309 g/mol. The van der Waals surface area contributed by atoms with Gasteiger partial charge in [0.2, 0.25) is 0 Å². The van der Waals surface area contributed by atoms with Crippen LogP contribution < -0.4 is 5.32 Å². The minimum absolute atomic E-state index is 0.103. The first-order valence-electron chi connectivity index (χ1n) is 6.48. The summed E-state index contributed by atoms with van der Waals surface area (Å²) in [5.74, 6) is -0.245. The number of hydrogen-bond acceptors (Lipinski definition) is 2. The van der Waals surface area contributed by atoms with E-state index in [2.05, 4.69) is 19.2 Å². The highest BCUT2D eigenvalue weighted by atomic mass is 35.5. The molecule has 2 N–H and O–H groups in total. The van der Waals surface area contributed by atoms with E-state index >= 15 is 0 Å². The molecule has 3 nitrogen and oxygen atoms in total. The molecule has 0 unspecified atom stereocenters. The fourth-order valence-corrected chi connectivity index (χ4v) is 2.28. The van der Waals surface area contributed by atoms with Crippen molar-refractivity contribution >= 4 is 34.8 Å². The Balaban J connectivity index is 2.25. The third kappa shape index (κ3) is 3.69. The molecule has 0 heterocycles. The molecule has 0 aromatic heterocycles. The summed E-state index contributed by atoms with van der Waals surface area (Å²) >= 11 is 12.0. The molecule has 2 aromatic rings. The zero-order chi connectivity index (χ0) is 15.6.